The zero-order chi connectivity index (χ0) is 14.4. The van der Waals surface area contributed by atoms with E-state index < -0.39 is 5.97 Å². The van der Waals surface area contributed by atoms with Crippen LogP contribution in [-0.4, -0.2) is 22.0 Å². The molecule has 0 atom stereocenters. The molecule has 0 aliphatic heterocycles. The standard InChI is InChI=1S/C14H12N2O3S/c17-13(18)4-2-10-1-3-12(15-7-10)14(19)16-8-11-5-6-20-9-11/h1-7,9H,8H2,(H,16,19)(H,17,18). The predicted molar refractivity (Wildman–Crippen MR) is 76.4 cm³/mol. The number of rotatable bonds is 5. The summed E-state index contributed by atoms with van der Waals surface area (Å²) in [5.41, 5.74) is 1.97. The largest absolute Gasteiger partial charge is 0.478 e. The average molecular weight is 288 g/mol. The molecule has 2 heterocycles. The smallest absolute Gasteiger partial charge is 0.328 e. The van der Waals surface area contributed by atoms with Gasteiger partial charge in [0.1, 0.15) is 5.69 Å². The van der Waals surface area contributed by atoms with Gasteiger partial charge >= 0.3 is 5.97 Å². The van der Waals surface area contributed by atoms with Crippen LogP contribution in [0.1, 0.15) is 21.6 Å². The van der Waals surface area contributed by atoms with Crippen LogP contribution in [0, 0.1) is 0 Å². The van der Waals surface area contributed by atoms with Crippen molar-refractivity contribution in [2.75, 3.05) is 0 Å². The minimum Gasteiger partial charge on any atom is -0.478 e. The second-order valence-corrected chi connectivity index (χ2v) is 4.74. The first-order chi connectivity index (χ1) is 9.65. The molecule has 0 aliphatic carbocycles. The number of aliphatic carboxylic acids is 1. The normalized spacial score (nSPS) is 10.6. The van der Waals surface area contributed by atoms with E-state index in [9.17, 15) is 9.59 Å². The Bertz CT molecular complexity index is 618. The third-order valence-electron chi connectivity index (χ3n) is 2.47. The second-order valence-electron chi connectivity index (χ2n) is 3.96. The number of nitrogens with one attached hydrogen (secondary N) is 1. The molecule has 6 heteroatoms. The number of carbonyl (C=O) groups is 2. The van der Waals surface area contributed by atoms with Gasteiger partial charge in [0.05, 0.1) is 0 Å². The summed E-state index contributed by atoms with van der Waals surface area (Å²) in [6, 6.07) is 5.15. The lowest BCUT2D eigenvalue weighted by molar-refractivity contribution is -0.131. The second kappa shape index (κ2) is 6.63. The molecule has 0 unspecified atom stereocenters. The number of thiophene rings is 1. The lowest BCUT2D eigenvalue weighted by Crippen LogP contribution is -2.23. The maximum atomic E-state index is 11.8. The molecule has 2 rings (SSSR count). The Morgan fingerprint density at radius 3 is 2.80 bits per heavy atom. The fourth-order valence-corrected chi connectivity index (χ4v) is 2.14. The van der Waals surface area contributed by atoms with Gasteiger partial charge < -0.3 is 10.4 Å². The molecular weight excluding hydrogens is 276 g/mol. The van der Waals surface area contributed by atoms with E-state index in [0.717, 1.165) is 11.6 Å². The van der Waals surface area contributed by atoms with Gasteiger partial charge in [0, 0.05) is 18.8 Å². The van der Waals surface area contributed by atoms with Crippen molar-refractivity contribution in [3.05, 3.63) is 58.1 Å². The first kappa shape index (κ1) is 14.0. The van der Waals surface area contributed by atoms with Gasteiger partial charge in [-0.3, -0.25) is 9.78 Å². The maximum absolute atomic E-state index is 11.8. The van der Waals surface area contributed by atoms with Gasteiger partial charge in [0.2, 0.25) is 0 Å². The topological polar surface area (TPSA) is 79.3 Å². The van der Waals surface area contributed by atoms with E-state index in [0.29, 0.717) is 17.8 Å². The van der Waals surface area contributed by atoms with E-state index in [1.165, 1.54) is 12.3 Å². The summed E-state index contributed by atoms with van der Waals surface area (Å²) < 4.78 is 0. The van der Waals surface area contributed by atoms with Gasteiger partial charge in [-0.25, -0.2) is 4.79 Å². The van der Waals surface area contributed by atoms with E-state index in [-0.39, 0.29) is 5.91 Å². The summed E-state index contributed by atoms with van der Waals surface area (Å²) >= 11 is 1.57. The molecule has 2 aromatic heterocycles. The quantitative estimate of drug-likeness (QED) is 0.826. The molecule has 20 heavy (non-hydrogen) atoms. The summed E-state index contributed by atoms with van der Waals surface area (Å²) in [7, 11) is 0. The van der Waals surface area contributed by atoms with Crippen LogP contribution in [0.2, 0.25) is 0 Å². The molecule has 0 aromatic carbocycles. The maximum Gasteiger partial charge on any atom is 0.328 e. The van der Waals surface area contributed by atoms with Gasteiger partial charge in [-0.1, -0.05) is 6.07 Å². The number of hydrogen-bond acceptors (Lipinski definition) is 4. The van der Waals surface area contributed by atoms with Crippen LogP contribution < -0.4 is 5.32 Å². The van der Waals surface area contributed by atoms with Gasteiger partial charge in [-0.05, 0) is 40.1 Å². The van der Waals surface area contributed by atoms with Crippen molar-refractivity contribution in [3.8, 4) is 0 Å². The Morgan fingerprint density at radius 1 is 1.35 bits per heavy atom. The lowest BCUT2D eigenvalue weighted by atomic mass is 10.2. The zero-order valence-corrected chi connectivity index (χ0v) is 11.3. The highest BCUT2D eigenvalue weighted by atomic mass is 32.1. The SMILES string of the molecule is O=C(O)C=Cc1ccc(C(=O)NCc2ccsc2)nc1. The molecule has 1 amide bonds. The summed E-state index contributed by atoms with van der Waals surface area (Å²) in [6.07, 6.45) is 3.90. The van der Waals surface area contributed by atoms with Crippen molar-refractivity contribution >= 4 is 29.3 Å². The van der Waals surface area contributed by atoms with Crippen molar-refractivity contribution in [3.63, 3.8) is 0 Å². The minimum atomic E-state index is -1.03. The first-order valence-corrected chi connectivity index (χ1v) is 6.76. The van der Waals surface area contributed by atoms with Gasteiger partial charge in [-0.15, -0.1) is 0 Å². The Balaban J connectivity index is 1.95. The van der Waals surface area contributed by atoms with Gasteiger partial charge in [0.25, 0.3) is 5.91 Å². The number of aromatic nitrogens is 1. The Morgan fingerprint density at radius 2 is 2.20 bits per heavy atom. The highest BCUT2D eigenvalue weighted by Crippen LogP contribution is 2.06. The van der Waals surface area contributed by atoms with Crippen molar-refractivity contribution in [2.45, 2.75) is 6.54 Å². The summed E-state index contributed by atoms with van der Waals surface area (Å²) in [5, 5.41) is 15.2. The fraction of sp³-hybridized carbons (Fsp3) is 0.0714. The zero-order valence-electron chi connectivity index (χ0n) is 10.4. The summed E-state index contributed by atoms with van der Waals surface area (Å²) in [6.45, 7) is 0.463. The summed E-state index contributed by atoms with van der Waals surface area (Å²) in [4.78, 5) is 26.2. The van der Waals surface area contributed by atoms with E-state index in [4.69, 9.17) is 5.11 Å². The van der Waals surface area contributed by atoms with Crippen LogP contribution >= 0.6 is 11.3 Å². The van der Waals surface area contributed by atoms with E-state index in [2.05, 4.69) is 10.3 Å². The molecule has 0 fully saturated rings. The van der Waals surface area contributed by atoms with Crippen LogP contribution in [0.3, 0.4) is 0 Å². The molecule has 0 bridgehead atoms. The van der Waals surface area contributed by atoms with Gasteiger partial charge in [-0.2, -0.15) is 11.3 Å². The molecular formula is C14H12N2O3S. The fourth-order valence-electron chi connectivity index (χ4n) is 1.47. The van der Waals surface area contributed by atoms with E-state index in [1.54, 1.807) is 23.5 Å². The van der Waals surface area contributed by atoms with Gasteiger partial charge in [0.15, 0.2) is 0 Å². The predicted octanol–water partition coefficient (Wildman–Crippen LogP) is 2.17. The van der Waals surface area contributed by atoms with Crippen LogP contribution in [0.5, 0.6) is 0 Å². The van der Waals surface area contributed by atoms with E-state index in [1.807, 2.05) is 16.8 Å². The Hall–Kier alpha value is -2.47. The molecule has 2 aromatic rings. The molecule has 2 N–H and O–H groups in total. The average Bonchev–Trinajstić information content (AvgIpc) is 2.96. The number of pyridine rings is 1. The molecule has 102 valence electrons. The number of amides is 1. The number of carboxylic acids is 1. The van der Waals surface area contributed by atoms with Crippen molar-refractivity contribution in [1.29, 1.82) is 0 Å². The van der Waals surface area contributed by atoms with Crippen LogP contribution in [-0.2, 0) is 11.3 Å². The van der Waals surface area contributed by atoms with Crippen molar-refractivity contribution in [1.82, 2.24) is 10.3 Å². The molecule has 0 saturated heterocycles. The monoisotopic (exact) mass is 288 g/mol. The number of carboxylic acid groups (broad SMARTS) is 1. The number of hydrogen-bond donors (Lipinski definition) is 2. The number of carbonyl (C=O) groups excluding carboxylic acids is 1. The highest BCUT2D eigenvalue weighted by molar-refractivity contribution is 7.07. The minimum absolute atomic E-state index is 0.259. The molecule has 0 aliphatic rings. The molecule has 0 saturated carbocycles. The first-order valence-electron chi connectivity index (χ1n) is 5.81. The Kier molecular flexibility index (Phi) is 4.62. The van der Waals surface area contributed by atoms with Crippen molar-refractivity contribution in [2.24, 2.45) is 0 Å². The molecule has 0 spiro atoms. The third-order valence-corrected chi connectivity index (χ3v) is 3.20. The summed E-state index contributed by atoms with van der Waals surface area (Å²) in [5.74, 6) is -1.28. The van der Waals surface area contributed by atoms with Crippen LogP contribution in [0.15, 0.2) is 41.2 Å². The molecule has 5 nitrogen and oxygen atoms in total. The van der Waals surface area contributed by atoms with Crippen LogP contribution in [0.4, 0.5) is 0 Å². The van der Waals surface area contributed by atoms with E-state index >= 15 is 0 Å². The highest BCUT2D eigenvalue weighted by Gasteiger charge is 2.06. The number of nitrogens with zero attached hydrogens (tertiary/aromatic N) is 1. The third kappa shape index (κ3) is 4.03. The lowest BCUT2D eigenvalue weighted by Gasteiger charge is -2.03. The van der Waals surface area contributed by atoms with Crippen LogP contribution in [0.25, 0.3) is 6.08 Å². The molecule has 0 radical (unpaired) electrons. The van der Waals surface area contributed by atoms with Crippen molar-refractivity contribution < 1.29 is 14.7 Å². The Labute approximate surface area is 119 Å².